The minimum Gasteiger partial charge on any atom is -0.393 e. The van der Waals surface area contributed by atoms with Crippen LogP contribution in [-0.2, 0) is 9.53 Å². The molecular weight excluding hydrogens is 260 g/mol. The molecule has 1 atom stereocenters. The molecule has 0 heterocycles. The van der Waals surface area contributed by atoms with E-state index in [1.54, 1.807) is 7.11 Å². The maximum absolute atomic E-state index is 12.6. The van der Waals surface area contributed by atoms with Crippen LogP contribution in [0, 0.1) is 5.92 Å². The van der Waals surface area contributed by atoms with Gasteiger partial charge in [0, 0.05) is 19.7 Å². The maximum atomic E-state index is 12.6. The van der Waals surface area contributed by atoms with Gasteiger partial charge < -0.3 is 15.4 Å². The van der Waals surface area contributed by atoms with Crippen LogP contribution in [0.2, 0.25) is 0 Å². The van der Waals surface area contributed by atoms with Crippen LogP contribution >= 0.6 is 12.2 Å². The molecule has 112 valence electrons. The van der Waals surface area contributed by atoms with Gasteiger partial charge in [0.05, 0.1) is 17.5 Å². The van der Waals surface area contributed by atoms with Crippen LogP contribution in [0.15, 0.2) is 0 Å². The number of carbonyl (C=O) groups is 1. The molecule has 0 aromatic rings. The van der Waals surface area contributed by atoms with E-state index in [0.29, 0.717) is 18.1 Å². The number of thiocarbonyl (C=S) groups is 1. The van der Waals surface area contributed by atoms with E-state index in [9.17, 15) is 4.79 Å². The van der Waals surface area contributed by atoms with Gasteiger partial charge in [-0.3, -0.25) is 4.79 Å². The van der Waals surface area contributed by atoms with Crippen molar-refractivity contribution >= 4 is 23.1 Å². The summed E-state index contributed by atoms with van der Waals surface area (Å²) in [6.07, 6.45) is 3.48. The van der Waals surface area contributed by atoms with Crippen molar-refractivity contribution in [2.75, 3.05) is 20.3 Å². The van der Waals surface area contributed by atoms with E-state index in [0.717, 1.165) is 25.7 Å². The molecular formula is C14H28N2O2S. The van der Waals surface area contributed by atoms with Crippen LogP contribution in [0.1, 0.15) is 46.5 Å². The quantitative estimate of drug-likeness (QED) is 0.627. The molecule has 0 aromatic heterocycles. The van der Waals surface area contributed by atoms with Gasteiger partial charge >= 0.3 is 0 Å². The van der Waals surface area contributed by atoms with Gasteiger partial charge in [0.1, 0.15) is 0 Å². The van der Waals surface area contributed by atoms with Crippen LogP contribution < -0.4 is 5.73 Å². The topological polar surface area (TPSA) is 55.6 Å². The zero-order valence-electron chi connectivity index (χ0n) is 12.6. The average molecular weight is 288 g/mol. The molecule has 1 amide bonds. The molecule has 0 saturated carbocycles. The number of hydrogen-bond acceptors (Lipinski definition) is 3. The summed E-state index contributed by atoms with van der Waals surface area (Å²) in [6, 6.07) is 0.233. The minimum absolute atomic E-state index is 0.0556. The molecule has 2 N–H and O–H groups in total. The third kappa shape index (κ3) is 5.87. The zero-order valence-corrected chi connectivity index (χ0v) is 13.5. The third-order valence-corrected chi connectivity index (χ3v) is 3.71. The van der Waals surface area contributed by atoms with Gasteiger partial charge in [-0.05, 0) is 19.3 Å². The van der Waals surface area contributed by atoms with Crippen LogP contribution in [0.5, 0.6) is 0 Å². The van der Waals surface area contributed by atoms with Gasteiger partial charge in [-0.2, -0.15) is 0 Å². The summed E-state index contributed by atoms with van der Waals surface area (Å²) in [7, 11) is 1.65. The van der Waals surface area contributed by atoms with E-state index in [-0.39, 0.29) is 17.9 Å². The Bertz CT molecular complexity index is 281. The largest absolute Gasteiger partial charge is 0.393 e. The van der Waals surface area contributed by atoms with Crippen molar-refractivity contribution in [1.29, 1.82) is 0 Å². The molecule has 0 rings (SSSR count). The maximum Gasteiger partial charge on any atom is 0.232 e. The molecule has 0 saturated heterocycles. The standard InChI is InChI=1S/C14H28N2O2S/c1-5-8-12(13(15)19)14(17)16(9-10-18-4)11(6-2)7-3/h11-12H,5-10H2,1-4H3,(H2,15,19). The predicted molar refractivity (Wildman–Crippen MR) is 83.1 cm³/mol. The van der Waals surface area contributed by atoms with Crippen molar-refractivity contribution < 1.29 is 9.53 Å². The van der Waals surface area contributed by atoms with Crippen molar-refractivity contribution in [2.45, 2.75) is 52.5 Å². The molecule has 0 aliphatic heterocycles. The lowest BCUT2D eigenvalue weighted by Crippen LogP contribution is -2.47. The Morgan fingerprint density at radius 2 is 1.89 bits per heavy atom. The van der Waals surface area contributed by atoms with E-state index in [4.69, 9.17) is 22.7 Å². The predicted octanol–water partition coefficient (Wildman–Crippen LogP) is 2.35. The normalized spacial score (nSPS) is 12.5. The smallest absolute Gasteiger partial charge is 0.232 e. The average Bonchev–Trinajstić information content (AvgIpc) is 2.39. The van der Waals surface area contributed by atoms with Crippen molar-refractivity contribution in [3.8, 4) is 0 Å². The summed E-state index contributed by atoms with van der Waals surface area (Å²) in [6.45, 7) is 7.37. The fourth-order valence-electron chi connectivity index (χ4n) is 2.27. The zero-order chi connectivity index (χ0) is 14.8. The van der Waals surface area contributed by atoms with Crippen molar-refractivity contribution in [1.82, 2.24) is 4.90 Å². The summed E-state index contributed by atoms with van der Waals surface area (Å²) in [4.78, 5) is 14.8. The van der Waals surface area contributed by atoms with E-state index < -0.39 is 0 Å². The number of nitrogens with zero attached hydrogens (tertiary/aromatic N) is 1. The molecule has 0 aliphatic rings. The number of methoxy groups -OCH3 is 1. The molecule has 4 nitrogen and oxygen atoms in total. The fraction of sp³-hybridized carbons (Fsp3) is 0.857. The summed E-state index contributed by atoms with van der Waals surface area (Å²) >= 11 is 5.05. The van der Waals surface area contributed by atoms with Gasteiger partial charge in [0.15, 0.2) is 0 Å². The Kier molecular flexibility index (Phi) is 9.79. The molecule has 5 heteroatoms. The van der Waals surface area contributed by atoms with Gasteiger partial charge in [-0.1, -0.05) is 39.4 Å². The Hall–Kier alpha value is -0.680. The highest BCUT2D eigenvalue weighted by Crippen LogP contribution is 2.17. The van der Waals surface area contributed by atoms with Gasteiger partial charge in [-0.25, -0.2) is 0 Å². The highest BCUT2D eigenvalue weighted by atomic mass is 32.1. The minimum atomic E-state index is -0.336. The first-order valence-corrected chi connectivity index (χ1v) is 7.52. The number of amides is 1. The van der Waals surface area contributed by atoms with Crippen LogP contribution in [0.3, 0.4) is 0 Å². The molecule has 0 spiro atoms. The first-order chi connectivity index (χ1) is 9.03. The van der Waals surface area contributed by atoms with Crippen LogP contribution in [0.4, 0.5) is 0 Å². The molecule has 0 aliphatic carbocycles. The SMILES string of the molecule is CCCC(C(=O)N(CCOC)C(CC)CC)C(N)=S. The Morgan fingerprint density at radius 1 is 1.32 bits per heavy atom. The van der Waals surface area contributed by atoms with Crippen molar-refractivity contribution in [3.05, 3.63) is 0 Å². The van der Waals surface area contributed by atoms with Gasteiger partial charge in [-0.15, -0.1) is 0 Å². The van der Waals surface area contributed by atoms with E-state index >= 15 is 0 Å². The molecule has 0 bridgehead atoms. The first-order valence-electron chi connectivity index (χ1n) is 7.12. The van der Waals surface area contributed by atoms with Gasteiger partial charge in [0.25, 0.3) is 0 Å². The monoisotopic (exact) mass is 288 g/mol. The lowest BCUT2D eigenvalue weighted by Gasteiger charge is -2.33. The summed E-state index contributed by atoms with van der Waals surface area (Å²) in [5, 5.41) is 0. The van der Waals surface area contributed by atoms with E-state index in [2.05, 4.69) is 13.8 Å². The molecule has 0 radical (unpaired) electrons. The number of hydrogen-bond donors (Lipinski definition) is 1. The summed E-state index contributed by atoms with van der Waals surface area (Å²) in [5.41, 5.74) is 5.73. The Balaban J connectivity index is 4.98. The van der Waals surface area contributed by atoms with Crippen LogP contribution in [-0.4, -0.2) is 42.1 Å². The third-order valence-electron chi connectivity index (χ3n) is 3.42. The molecule has 19 heavy (non-hydrogen) atoms. The number of carbonyl (C=O) groups excluding carboxylic acids is 1. The van der Waals surface area contributed by atoms with E-state index in [1.807, 2.05) is 11.8 Å². The lowest BCUT2D eigenvalue weighted by molar-refractivity contribution is -0.136. The Labute approximate surface area is 122 Å². The van der Waals surface area contributed by atoms with Crippen LogP contribution in [0.25, 0.3) is 0 Å². The van der Waals surface area contributed by atoms with Crippen molar-refractivity contribution in [3.63, 3.8) is 0 Å². The molecule has 0 aromatic carbocycles. The first kappa shape index (κ1) is 18.3. The summed E-state index contributed by atoms with van der Waals surface area (Å²) in [5.74, 6) is -0.280. The number of rotatable bonds is 10. The number of nitrogens with two attached hydrogens (primary N) is 1. The van der Waals surface area contributed by atoms with Gasteiger partial charge in [0.2, 0.25) is 5.91 Å². The van der Waals surface area contributed by atoms with E-state index in [1.165, 1.54) is 0 Å². The second kappa shape index (κ2) is 10.1. The second-order valence-electron chi connectivity index (χ2n) is 4.74. The molecule has 0 fully saturated rings. The second-order valence-corrected chi connectivity index (χ2v) is 5.21. The highest BCUT2D eigenvalue weighted by molar-refractivity contribution is 7.80. The molecule has 1 unspecified atom stereocenters. The summed E-state index contributed by atoms with van der Waals surface area (Å²) < 4.78 is 5.10. The van der Waals surface area contributed by atoms with Crippen molar-refractivity contribution in [2.24, 2.45) is 11.7 Å². The lowest BCUT2D eigenvalue weighted by atomic mass is 9.99. The Morgan fingerprint density at radius 3 is 2.26 bits per heavy atom. The fourth-order valence-corrected chi connectivity index (χ4v) is 2.49. The number of ether oxygens (including phenoxy) is 1. The highest BCUT2D eigenvalue weighted by Gasteiger charge is 2.29.